The van der Waals surface area contributed by atoms with Crippen molar-refractivity contribution in [2.24, 2.45) is 5.10 Å². The van der Waals surface area contributed by atoms with Gasteiger partial charge in [0, 0.05) is 26.7 Å². The van der Waals surface area contributed by atoms with Crippen molar-refractivity contribution in [2.45, 2.75) is 6.42 Å². The first-order valence-electron chi connectivity index (χ1n) is 8.04. The molecule has 3 heterocycles. The first-order chi connectivity index (χ1) is 12.3. The second-order valence-electron chi connectivity index (χ2n) is 5.41. The van der Waals surface area contributed by atoms with E-state index in [4.69, 9.17) is 4.74 Å². The van der Waals surface area contributed by atoms with Crippen LogP contribution >= 0.6 is 0 Å². The Labute approximate surface area is 145 Å². The van der Waals surface area contributed by atoms with E-state index in [0.29, 0.717) is 32.0 Å². The number of hydrazone groups is 1. The third kappa shape index (κ3) is 4.60. The van der Waals surface area contributed by atoms with Gasteiger partial charge in [-0.15, -0.1) is 0 Å². The molecule has 2 N–H and O–H groups in total. The van der Waals surface area contributed by atoms with E-state index in [1.807, 2.05) is 24.1 Å². The highest BCUT2D eigenvalue weighted by atomic mass is 19.1. The average molecular weight is 345 g/mol. The van der Waals surface area contributed by atoms with Crippen LogP contribution in [0.1, 0.15) is 12.1 Å². The van der Waals surface area contributed by atoms with E-state index >= 15 is 0 Å². The van der Waals surface area contributed by atoms with Gasteiger partial charge < -0.3 is 15.0 Å². The molecule has 1 fully saturated rings. The van der Waals surface area contributed by atoms with Crippen molar-refractivity contribution in [3.8, 4) is 0 Å². The summed E-state index contributed by atoms with van der Waals surface area (Å²) in [5.41, 5.74) is 4.31. The fourth-order valence-electron chi connectivity index (χ4n) is 2.38. The SMILES string of the molecule is CNc1ccc(/C=N/Nc2ncc(F)c(N3CCCOCC3)n2)nc1. The molecule has 1 aliphatic rings. The molecule has 132 valence electrons. The molecule has 0 aliphatic carbocycles. The van der Waals surface area contributed by atoms with Crippen molar-refractivity contribution in [1.82, 2.24) is 15.0 Å². The Morgan fingerprint density at radius 1 is 1.24 bits per heavy atom. The Balaban J connectivity index is 1.67. The summed E-state index contributed by atoms with van der Waals surface area (Å²) in [5, 5.41) is 7.04. The van der Waals surface area contributed by atoms with Crippen molar-refractivity contribution >= 4 is 23.7 Å². The van der Waals surface area contributed by atoms with Crippen LogP contribution < -0.4 is 15.6 Å². The van der Waals surface area contributed by atoms with Crippen LogP contribution in [0.4, 0.5) is 21.8 Å². The summed E-state index contributed by atoms with van der Waals surface area (Å²) in [7, 11) is 1.83. The maximum Gasteiger partial charge on any atom is 0.245 e. The predicted octanol–water partition coefficient (Wildman–Crippen LogP) is 1.73. The molecule has 9 heteroatoms. The Morgan fingerprint density at radius 3 is 2.96 bits per heavy atom. The van der Waals surface area contributed by atoms with Crippen molar-refractivity contribution < 1.29 is 9.13 Å². The van der Waals surface area contributed by atoms with Crippen molar-refractivity contribution in [3.05, 3.63) is 36.0 Å². The highest BCUT2D eigenvalue weighted by Gasteiger charge is 2.16. The van der Waals surface area contributed by atoms with E-state index in [2.05, 4.69) is 30.8 Å². The zero-order valence-electron chi connectivity index (χ0n) is 13.9. The second-order valence-corrected chi connectivity index (χ2v) is 5.41. The van der Waals surface area contributed by atoms with E-state index in [1.54, 1.807) is 12.4 Å². The summed E-state index contributed by atoms with van der Waals surface area (Å²) in [5.74, 6) is 0.0279. The third-order valence-corrected chi connectivity index (χ3v) is 3.68. The highest BCUT2D eigenvalue weighted by Crippen LogP contribution is 2.18. The molecule has 8 nitrogen and oxygen atoms in total. The van der Waals surface area contributed by atoms with Crippen LogP contribution in [-0.4, -0.2) is 54.5 Å². The normalized spacial score (nSPS) is 15.2. The van der Waals surface area contributed by atoms with Crippen molar-refractivity contribution in [2.75, 3.05) is 49.0 Å². The molecule has 3 rings (SSSR count). The van der Waals surface area contributed by atoms with Crippen LogP contribution in [-0.2, 0) is 4.74 Å². The van der Waals surface area contributed by atoms with Crippen LogP contribution in [0.2, 0.25) is 0 Å². The summed E-state index contributed by atoms with van der Waals surface area (Å²) >= 11 is 0. The highest BCUT2D eigenvalue weighted by molar-refractivity contribution is 5.77. The molecule has 1 saturated heterocycles. The molecule has 2 aromatic rings. The van der Waals surface area contributed by atoms with Crippen LogP contribution in [0.3, 0.4) is 0 Å². The minimum atomic E-state index is -0.458. The first kappa shape index (κ1) is 17.0. The average Bonchev–Trinajstić information content (AvgIpc) is 2.93. The van der Waals surface area contributed by atoms with Gasteiger partial charge in [0.1, 0.15) is 0 Å². The summed E-state index contributed by atoms with van der Waals surface area (Å²) in [4.78, 5) is 14.2. The Bertz CT molecular complexity index is 715. The molecule has 0 unspecified atom stereocenters. The molecule has 25 heavy (non-hydrogen) atoms. The Hall–Kier alpha value is -2.81. The summed E-state index contributed by atoms with van der Waals surface area (Å²) in [6.07, 6.45) is 5.23. The lowest BCUT2D eigenvalue weighted by Gasteiger charge is -2.21. The van der Waals surface area contributed by atoms with Crippen LogP contribution in [0.15, 0.2) is 29.6 Å². The molecule has 2 aromatic heterocycles. The molecule has 0 aromatic carbocycles. The van der Waals surface area contributed by atoms with Gasteiger partial charge in [-0.25, -0.2) is 14.8 Å². The molecule has 0 saturated carbocycles. The number of ether oxygens (including phenoxy) is 1. The van der Waals surface area contributed by atoms with Gasteiger partial charge in [0.15, 0.2) is 11.6 Å². The number of halogens is 1. The molecule has 0 spiro atoms. The standard InChI is InChI=1S/C16H20FN7O/c1-18-12-3-4-13(19-9-12)10-21-23-16-20-11-14(17)15(22-16)24-5-2-7-25-8-6-24/h3-4,9-11,18H,2,5-8H2,1H3,(H,20,22,23)/b21-10+. The van der Waals surface area contributed by atoms with Gasteiger partial charge >= 0.3 is 0 Å². The van der Waals surface area contributed by atoms with E-state index < -0.39 is 5.82 Å². The quantitative estimate of drug-likeness (QED) is 0.630. The largest absolute Gasteiger partial charge is 0.387 e. The van der Waals surface area contributed by atoms with Crippen molar-refractivity contribution in [1.29, 1.82) is 0 Å². The lowest BCUT2D eigenvalue weighted by atomic mass is 10.3. The van der Waals surface area contributed by atoms with Gasteiger partial charge in [0.25, 0.3) is 0 Å². The molecular weight excluding hydrogens is 325 g/mol. The summed E-state index contributed by atoms with van der Waals surface area (Å²) < 4.78 is 19.4. The molecule has 0 amide bonds. The number of hydrogen-bond donors (Lipinski definition) is 2. The minimum absolute atomic E-state index is 0.227. The number of hydrogen-bond acceptors (Lipinski definition) is 8. The zero-order valence-corrected chi connectivity index (χ0v) is 13.9. The van der Waals surface area contributed by atoms with Crippen LogP contribution in [0.5, 0.6) is 0 Å². The van der Waals surface area contributed by atoms with E-state index in [-0.39, 0.29) is 11.8 Å². The van der Waals surface area contributed by atoms with Gasteiger partial charge in [0.05, 0.1) is 36.6 Å². The number of pyridine rings is 1. The third-order valence-electron chi connectivity index (χ3n) is 3.68. The van der Waals surface area contributed by atoms with Gasteiger partial charge in [-0.05, 0) is 18.6 Å². The number of nitrogens with one attached hydrogen (secondary N) is 2. The number of aromatic nitrogens is 3. The first-order valence-corrected chi connectivity index (χ1v) is 8.04. The van der Waals surface area contributed by atoms with E-state index in [0.717, 1.165) is 18.3 Å². The van der Waals surface area contributed by atoms with E-state index in [1.165, 1.54) is 0 Å². The molecular formula is C16H20FN7O. The fraction of sp³-hybridized carbons (Fsp3) is 0.375. The number of rotatable bonds is 5. The van der Waals surface area contributed by atoms with Gasteiger partial charge in [-0.3, -0.25) is 4.98 Å². The summed E-state index contributed by atoms with van der Waals surface area (Å²) in [6, 6.07) is 3.72. The molecule has 1 aliphatic heterocycles. The summed E-state index contributed by atoms with van der Waals surface area (Å²) in [6.45, 7) is 2.52. The predicted molar refractivity (Wildman–Crippen MR) is 94.6 cm³/mol. The number of anilines is 3. The van der Waals surface area contributed by atoms with Gasteiger partial charge in [-0.2, -0.15) is 10.1 Å². The topological polar surface area (TPSA) is 87.6 Å². The monoisotopic (exact) mass is 345 g/mol. The Kier molecular flexibility index (Phi) is 5.68. The fourth-order valence-corrected chi connectivity index (χ4v) is 2.38. The Morgan fingerprint density at radius 2 is 2.16 bits per heavy atom. The smallest absolute Gasteiger partial charge is 0.245 e. The molecule has 0 radical (unpaired) electrons. The van der Waals surface area contributed by atoms with E-state index in [9.17, 15) is 4.39 Å². The zero-order chi connectivity index (χ0) is 17.5. The lowest BCUT2D eigenvalue weighted by molar-refractivity contribution is 0.152. The van der Waals surface area contributed by atoms with Gasteiger partial charge in [0.2, 0.25) is 5.95 Å². The number of nitrogens with zero attached hydrogens (tertiary/aromatic N) is 5. The maximum atomic E-state index is 14.1. The molecule has 0 bridgehead atoms. The maximum absolute atomic E-state index is 14.1. The minimum Gasteiger partial charge on any atom is -0.387 e. The lowest BCUT2D eigenvalue weighted by Crippen LogP contribution is -2.28. The van der Waals surface area contributed by atoms with Crippen molar-refractivity contribution in [3.63, 3.8) is 0 Å². The van der Waals surface area contributed by atoms with Crippen LogP contribution in [0.25, 0.3) is 0 Å². The van der Waals surface area contributed by atoms with Crippen LogP contribution in [0, 0.1) is 5.82 Å². The van der Waals surface area contributed by atoms with Gasteiger partial charge in [-0.1, -0.05) is 0 Å². The second kappa shape index (κ2) is 8.34. The molecule has 0 atom stereocenters.